The van der Waals surface area contributed by atoms with Crippen LogP contribution in [0.25, 0.3) is 5.69 Å². The number of hydrogen-bond acceptors (Lipinski definition) is 5. The Bertz CT molecular complexity index is 765. The minimum atomic E-state index is -0.846. The van der Waals surface area contributed by atoms with Crippen molar-refractivity contribution in [1.29, 1.82) is 0 Å². The minimum absolute atomic E-state index is 0.0560. The SMILES string of the molecule is O=C(O)CC[C@@H]1CCCCN1C(=O)c1ccc(-n2cnnn2)cc1Cl. The summed E-state index contributed by atoms with van der Waals surface area (Å²) >= 11 is 6.31. The number of carboxylic acid groups (broad SMARTS) is 1. The van der Waals surface area contributed by atoms with Gasteiger partial charge in [-0.2, -0.15) is 0 Å². The van der Waals surface area contributed by atoms with Gasteiger partial charge in [0, 0.05) is 19.0 Å². The molecule has 25 heavy (non-hydrogen) atoms. The van der Waals surface area contributed by atoms with Crippen LogP contribution >= 0.6 is 11.6 Å². The van der Waals surface area contributed by atoms with Gasteiger partial charge < -0.3 is 10.0 Å². The number of aliphatic carboxylic acids is 1. The molecule has 1 aromatic carbocycles. The van der Waals surface area contributed by atoms with Crippen LogP contribution in [-0.2, 0) is 4.79 Å². The highest BCUT2D eigenvalue weighted by molar-refractivity contribution is 6.34. The summed E-state index contributed by atoms with van der Waals surface area (Å²) < 4.78 is 1.46. The fourth-order valence-corrected chi connectivity index (χ4v) is 3.37. The first-order chi connectivity index (χ1) is 12.1. The molecule has 1 aliphatic rings. The number of carboxylic acids is 1. The second-order valence-electron chi connectivity index (χ2n) is 6.00. The van der Waals surface area contributed by atoms with E-state index in [0.717, 1.165) is 19.3 Å². The van der Waals surface area contributed by atoms with Crippen LogP contribution in [0.4, 0.5) is 0 Å². The smallest absolute Gasteiger partial charge is 0.303 e. The molecule has 8 nitrogen and oxygen atoms in total. The van der Waals surface area contributed by atoms with E-state index < -0.39 is 5.97 Å². The predicted molar refractivity (Wildman–Crippen MR) is 89.7 cm³/mol. The summed E-state index contributed by atoms with van der Waals surface area (Å²) in [5.41, 5.74) is 1.06. The van der Waals surface area contributed by atoms with E-state index in [9.17, 15) is 9.59 Å². The molecule has 3 rings (SSSR count). The van der Waals surface area contributed by atoms with Crippen LogP contribution in [0.5, 0.6) is 0 Å². The van der Waals surface area contributed by atoms with E-state index in [1.165, 1.54) is 11.0 Å². The fourth-order valence-electron chi connectivity index (χ4n) is 3.11. The molecule has 1 atom stereocenters. The monoisotopic (exact) mass is 363 g/mol. The summed E-state index contributed by atoms with van der Waals surface area (Å²) in [6, 6.07) is 4.96. The number of piperidine rings is 1. The Kier molecular flexibility index (Phi) is 5.28. The lowest BCUT2D eigenvalue weighted by atomic mass is 9.97. The Morgan fingerprint density at radius 2 is 2.16 bits per heavy atom. The first-order valence-electron chi connectivity index (χ1n) is 8.12. The fraction of sp³-hybridized carbons (Fsp3) is 0.438. The van der Waals surface area contributed by atoms with Gasteiger partial charge in [0.15, 0.2) is 0 Å². The first kappa shape index (κ1) is 17.3. The Hall–Kier alpha value is -2.48. The summed E-state index contributed by atoms with van der Waals surface area (Å²) in [7, 11) is 0. The van der Waals surface area contributed by atoms with Crippen LogP contribution in [-0.4, -0.2) is 54.7 Å². The van der Waals surface area contributed by atoms with Gasteiger partial charge in [0.1, 0.15) is 6.33 Å². The van der Waals surface area contributed by atoms with Crippen molar-refractivity contribution in [3.8, 4) is 5.69 Å². The van der Waals surface area contributed by atoms with Crippen molar-refractivity contribution in [2.75, 3.05) is 6.54 Å². The zero-order valence-corrected chi connectivity index (χ0v) is 14.3. The number of nitrogens with zero attached hydrogens (tertiary/aromatic N) is 5. The summed E-state index contributed by atoms with van der Waals surface area (Å²) in [6.07, 6.45) is 4.69. The number of likely N-dealkylation sites (tertiary alicyclic amines) is 1. The van der Waals surface area contributed by atoms with Crippen molar-refractivity contribution in [3.05, 3.63) is 35.1 Å². The van der Waals surface area contributed by atoms with Crippen molar-refractivity contribution < 1.29 is 14.7 Å². The number of aromatic nitrogens is 4. The summed E-state index contributed by atoms with van der Waals surface area (Å²) in [5, 5.41) is 20.2. The minimum Gasteiger partial charge on any atom is -0.481 e. The van der Waals surface area contributed by atoms with E-state index in [1.54, 1.807) is 23.1 Å². The Morgan fingerprint density at radius 3 is 2.84 bits per heavy atom. The molecular formula is C16H18ClN5O3. The molecule has 1 fully saturated rings. The van der Waals surface area contributed by atoms with Crippen LogP contribution < -0.4 is 0 Å². The molecule has 132 valence electrons. The van der Waals surface area contributed by atoms with Crippen molar-refractivity contribution >= 4 is 23.5 Å². The van der Waals surface area contributed by atoms with Crippen LogP contribution in [0.1, 0.15) is 42.5 Å². The molecule has 2 heterocycles. The highest BCUT2D eigenvalue weighted by Gasteiger charge is 2.29. The molecule has 1 saturated heterocycles. The van der Waals surface area contributed by atoms with Gasteiger partial charge in [0.2, 0.25) is 0 Å². The standard InChI is InChI=1S/C16H18ClN5O3/c17-14-9-12(22-10-18-19-20-22)4-6-13(14)16(25)21-8-2-1-3-11(21)5-7-15(23)24/h4,6,9-11H,1-3,5,7-8H2,(H,23,24)/t11-/m0/s1. The van der Waals surface area contributed by atoms with Crippen molar-refractivity contribution in [3.63, 3.8) is 0 Å². The molecule has 1 N–H and O–H groups in total. The molecule has 0 unspecified atom stereocenters. The number of halogens is 1. The zero-order chi connectivity index (χ0) is 17.8. The van der Waals surface area contributed by atoms with Gasteiger partial charge in [0.05, 0.1) is 16.3 Å². The molecule has 0 saturated carbocycles. The van der Waals surface area contributed by atoms with E-state index in [4.69, 9.17) is 16.7 Å². The number of carbonyl (C=O) groups excluding carboxylic acids is 1. The first-order valence-corrected chi connectivity index (χ1v) is 8.49. The average Bonchev–Trinajstić information content (AvgIpc) is 3.14. The number of tetrazole rings is 1. The van der Waals surface area contributed by atoms with E-state index in [0.29, 0.717) is 29.2 Å². The quantitative estimate of drug-likeness (QED) is 0.873. The zero-order valence-electron chi connectivity index (χ0n) is 13.5. The molecule has 0 spiro atoms. The molecule has 1 amide bonds. The van der Waals surface area contributed by atoms with Gasteiger partial charge in [-0.1, -0.05) is 11.6 Å². The Morgan fingerprint density at radius 1 is 1.32 bits per heavy atom. The topological polar surface area (TPSA) is 101 Å². The third-order valence-corrected chi connectivity index (χ3v) is 4.69. The predicted octanol–water partition coefficient (Wildman–Crippen LogP) is 2.18. The van der Waals surface area contributed by atoms with Crippen molar-refractivity contribution in [2.45, 2.75) is 38.1 Å². The molecule has 1 aliphatic heterocycles. The van der Waals surface area contributed by atoms with Crippen LogP contribution in [0.2, 0.25) is 5.02 Å². The largest absolute Gasteiger partial charge is 0.481 e. The molecule has 0 aliphatic carbocycles. The second kappa shape index (κ2) is 7.60. The van der Waals surface area contributed by atoms with E-state index in [-0.39, 0.29) is 18.4 Å². The maximum Gasteiger partial charge on any atom is 0.303 e. The highest BCUT2D eigenvalue weighted by Crippen LogP contribution is 2.27. The second-order valence-corrected chi connectivity index (χ2v) is 6.41. The third-order valence-electron chi connectivity index (χ3n) is 4.38. The number of hydrogen-bond donors (Lipinski definition) is 1. The lowest BCUT2D eigenvalue weighted by Gasteiger charge is -2.36. The van der Waals surface area contributed by atoms with Gasteiger partial charge >= 0.3 is 5.97 Å². The van der Waals surface area contributed by atoms with Gasteiger partial charge in [-0.3, -0.25) is 9.59 Å². The number of carbonyl (C=O) groups is 2. The van der Waals surface area contributed by atoms with Gasteiger partial charge in [0.25, 0.3) is 5.91 Å². The third kappa shape index (κ3) is 3.96. The summed E-state index contributed by atoms with van der Waals surface area (Å²) in [6.45, 7) is 0.619. The number of benzene rings is 1. The molecule has 1 aromatic heterocycles. The Labute approximate surface area is 149 Å². The van der Waals surface area contributed by atoms with Crippen molar-refractivity contribution in [2.24, 2.45) is 0 Å². The molecule has 2 aromatic rings. The Balaban J connectivity index is 1.79. The van der Waals surface area contributed by atoms with E-state index in [1.807, 2.05) is 0 Å². The molecule has 9 heteroatoms. The van der Waals surface area contributed by atoms with E-state index >= 15 is 0 Å². The number of amides is 1. The lowest BCUT2D eigenvalue weighted by Crippen LogP contribution is -2.44. The maximum atomic E-state index is 12.9. The van der Waals surface area contributed by atoms with E-state index in [2.05, 4.69) is 15.5 Å². The van der Waals surface area contributed by atoms with Gasteiger partial charge in [-0.25, -0.2) is 4.68 Å². The normalized spacial score (nSPS) is 17.5. The lowest BCUT2D eigenvalue weighted by molar-refractivity contribution is -0.137. The van der Waals surface area contributed by atoms with Gasteiger partial charge in [-0.05, 0) is 54.3 Å². The molecule has 0 radical (unpaired) electrons. The average molecular weight is 364 g/mol. The summed E-state index contributed by atoms with van der Waals surface area (Å²) in [5.74, 6) is -1.01. The number of rotatable bonds is 5. The maximum absolute atomic E-state index is 12.9. The van der Waals surface area contributed by atoms with Crippen molar-refractivity contribution in [1.82, 2.24) is 25.1 Å². The van der Waals surface area contributed by atoms with Crippen LogP contribution in [0.3, 0.4) is 0 Å². The van der Waals surface area contributed by atoms with Gasteiger partial charge in [-0.15, -0.1) is 5.10 Å². The molecular weight excluding hydrogens is 346 g/mol. The summed E-state index contributed by atoms with van der Waals surface area (Å²) in [4.78, 5) is 25.5. The molecule has 0 bridgehead atoms. The van der Waals surface area contributed by atoms with Crippen LogP contribution in [0.15, 0.2) is 24.5 Å². The highest BCUT2D eigenvalue weighted by atomic mass is 35.5. The van der Waals surface area contributed by atoms with Crippen LogP contribution in [0, 0.1) is 0 Å².